The third-order valence-corrected chi connectivity index (χ3v) is 5.98. The van der Waals surface area contributed by atoms with Gasteiger partial charge in [-0.25, -0.2) is 15.0 Å². The van der Waals surface area contributed by atoms with Gasteiger partial charge in [0.05, 0.1) is 12.9 Å². The summed E-state index contributed by atoms with van der Waals surface area (Å²) in [4.78, 5) is 25.2. The molecule has 5 rings (SSSR count). The van der Waals surface area contributed by atoms with Crippen LogP contribution in [0.4, 0.5) is 5.82 Å². The zero-order valence-electron chi connectivity index (χ0n) is 18.1. The molecule has 4 aromatic rings. The van der Waals surface area contributed by atoms with E-state index >= 15 is 0 Å². The van der Waals surface area contributed by atoms with Crippen LogP contribution >= 0.6 is 0 Å². The molecule has 2 aromatic carbocycles. The lowest BCUT2D eigenvalue weighted by atomic mass is 10.0. The van der Waals surface area contributed by atoms with Crippen molar-refractivity contribution >= 4 is 33.7 Å². The van der Waals surface area contributed by atoms with Crippen molar-refractivity contribution in [2.24, 2.45) is 5.73 Å². The molecule has 1 saturated heterocycles. The average Bonchev–Trinajstić information content (AvgIpc) is 3.41. The SMILES string of the molecule is Nc1ncnc2c1ncn2C1OC(CO)C(O)C1OC(=O)[C@H](N)Cc1ccc2ccccc2c1. The predicted octanol–water partition coefficient (Wildman–Crippen LogP) is 0.294. The zero-order valence-corrected chi connectivity index (χ0v) is 18.1. The minimum Gasteiger partial charge on any atom is -0.453 e. The maximum absolute atomic E-state index is 12.9. The van der Waals surface area contributed by atoms with Crippen LogP contribution in [0, 0.1) is 0 Å². The van der Waals surface area contributed by atoms with E-state index < -0.39 is 43.2 Å². The molecule has 11 nitrogen and oxygen atoms in total. The molecule has 0 saturated carbocycles. The van der Waals surface area contributed by atoms with Crippen molar-refractivity contribution < 1.29 is 24.5 Å². The number of aliphatic hydroxyl groups excluding tert-OH is 2. The number of benzene rings is 2. The number of nitrogens with zero attached hydrogens (tertiary/aromatic N) is 4. The minimum atomic E-state index is -1.29. The lowest BCUT2D eigenvalue weighted by Crippen LogP contribution is -2.42. The quantitative estimate of drug-likeness (QED) is 0.291. The standard InChI is InChI=1S/C23H24N6O5/c24-15(8-12-5-6-13-3-1-2-4-14(13)7-12)23(32)34-19-18(31)16(9-30)33-22(19)29-11-28-17-20(25)26-10-27-21(17)29/h1-7,10-11,15-16,18-19,22,30-31H,8-9,24H2,(H2,25,26,27)/t15-,16?,18?,19?,22?/m1/s1. The van der Waals surface area contributed by atoms with E-state index in [0.29, 0.717) is 11.2 Å². The Morgan fingerprint density at radius 2 is 1.97 bits per heavy atom. The lowest BCUT2D eigenvalue weighted by molar-refractivity contribution is -0.160. The monoisotopic (exact) mass is 464 g/mol. The first-order chi connectivity index (χ1) is 16.5. The van der Waals surface area contributed by atoms with E-state index in [0.717, 1.165) is 16.3 Å². The Kier molecular flexibility index (Phi) is 5.84. The van der Waals surface area contributed by atoms with Crippen LogP contribution in [0.5, 0.6) is 0 Å². The molecule has 0 bridgehead atoms. The number of esters is 1. The summed E-state index contributed by atoms with van der Waals surface area (Å²) in [7, 11) is 0. The van der Waals surface area contributed by atoms with E-state index in [1.54, 1.807) is 0 Å². The Balaban J connectivity index is 1.36. The van der Waals surface area contributed by atoms with Crippen molar-refractivity contribution in [3.63, 3.8) is 0 Å². The van der Waals surface area contributed by atoms with Crippen LogP contribution in [-0.4, -0.2) is 66.7 Å². The van der Waals surface area contributed by atoms with Crippen molar-refractivity contribution in [1.82, 2.24) is 19.5 Å². The minimum absolute atomic E-state index is 0.173. The van der Waals surface area contributed by atoms with Gasteiger partial charge in [-0.1, -0.05) is 42.5 Å². The zero-order chi connectivity index (χ0) is 23.8. The molecule has 1 fully saturated rings. The molecule has 0 amide bonds. The fourth-order valence-electron chi connectivity index (χ4n) is 4.20. The molecule has 2 aromatic heterocycles. The molecule has 4 unspecified atom stereocenters. The molecule has 0 radical (unpaired) electrons. The molecule has 0 aliphatic carbocycles. The Bertz CT molecular complexity index is 1340. The van der Waals surface area contributed by atoms with E-state index in [-0.39, 0.29) is 12.2 Å². The summed E-state index contributed by atoms with van der Waals surface area (Å²) in [5.74, 6) is -0.532. The van der Waals surface area contributed by atoms with Gasteiger partial charge in [-0.05, 0) is 22.8 Å². The highest BCUT2D eigenvalue weighted by Crippen LogP contribution is 2.34. The third-order valence-electron chi connectivity index (χ3n) is 5.98. The van der Waals surface area contributed by atoms with Gasteiger partial charge in [0, 0.05) is 0 Å². The van der Waals surface area contributed by atoms with E-state index in [2.05, 4.69) is 15.0 Å². The maximum atomic E-state index is 12.9. The van der Waals surface area contributed by atoms with Crippen molar-refractivity contribution in [3.05, 3.63) is 60.7 Å². The molecular formula is C23H24N6O5. The number of hydrogen-bond donors (Lipinski definition) is 4. The molecular weight excluding hydrogens is 440 g/mol. The molecule has 1 aliphatic heterocycles. The molecule has 176 valence electrons. The van der Waals surface area contributed by atoms with E-state index in [4.69, 9.17) is 20.9 Å². The Hall–Kier alpha value is -3.64. The predicted molar refractivity (Wildman–Crippen MR) is 122 cm³/mol. The number of carbonyl (C=O) groups excluding carboxylic acids is 1. The van der Waals surface area contributed by atoms with Crippen LogP contribution < -0.4 is 11.5 Å². The van der Waals surface area contributed by atoms with Gasteiger partial charge in [0.15, 0.2) is 23.8 Å². The van der Waals surface area contributed by atoms with Crippen LogP contribution in [0.3, 0.4) is 0 Å². The molecule has 3 heterocycles. The third kappa shape index (κ3) is 3.94. The van der Waals surface area contributed by atoms with Crippen LogP contribution in [0.25, 0.3) is 21.9 Å². The van der Waals surface area contributed by atoms with Gasteiger partial charge in [0.25, 0.3) is 0 Å². The molecule has 11 heteroatoms. The van der Waals surface area contributed by atoms with Gasteiger partial charge in [0.1, 0.15) is 30.1 Å². The molecule has 5 atom stereocenters. The summed E-state index contributed by atoms with van der Waals surface area (Å²) in [6, 6.07) is 12.8. The molecule has 6 N–H and O–H groups in total. The van der Waals surface area contributed by atoms with Crippen molar-refractivity contribution in [3.8, 4) is 0 Å². The van der Waals surface area contributed by atoms with Crippen molar-refractivity contribution in [2.75, 3.05) is 12.3 Å². The number of nitrogen functional groups attached to an aromatic ring is 1. The number of rotatable bonds is 6. The number of nitrogens with two attached hydrogens (primary N) is 2. The number of hydrogen-bond acceptors (Lipinski definition) is 10. The highest BCUT2D eigenvalue weighted by atomic mass is 16.6. The first kappa shape index (κ1) is 22.2. The topological polar surface area (TPSA) is 172 Å². The van der Waals surface area contributed by atoms with Crippen LogP contribution in [0.15, 0.2) is 55.1 Å². The number of aromatic nitrogens is 4. The van der Waals surface area contributed by atoms with Gasteiger partial charge in [-0.15, -0.1) is 0 Å². The first-order valence-corrected chi connectivity index (χ1v) is 10.8. The number of imidazole rings is 1. The smallest absolute Gasteiger partial charge is 0.323 e. The van der Waals surface area contributed by atoms with Crippen LogP contribution in [-0.2, 0) is 20.7 Å². The van der Waals surface area contributed by atoms with Crippen LogP contribution in [0.2, 0.25) is 0 Å². The highest BCUT2D eigenvalue weighted by Gasteiger charge is 2.48. The van der Waals surface area contributed by atoms with Gasteiger partial charge < -0.3 is 31.2 Å². The summed E-state index contributed by atoms with van der Waals surface area (Å²) in [5, 5.41) is 22.4. The lowest BCUT2D eigenvalue weighted by Gasteiger charge is -2.23. The first-order valence-electron chi connectivity index (χ1n) is 10.8. The van der Waals surface area contributed by atoms with Gasteiger partial charge >= 0.3 is 5.97 Å². The molecule has 34 heavy (non-hydrogen) atoms. The number of anilines is 1. The number of carbonyl (C=O) groups is 1. The number of aliphatic hydroxyl groups is 2. The van der Waals surface area contributed by atoms with E-state index in [1.807, 2.05) is 42.5 Å². The largest absolute Gasteiger partial charge is 0.453 e. The summed E-state index contributed by atoms with van der Waals surface area (Å²) in [5.41, 5.74) is 13.6. The Labute approximate surface area is 194 Å². The number of fused-ring (bicyclic) bond motifs is 2. The van der Waals surface area contributed by atoms with E-state index in [9.17, 15) is 15.0 Å². The molecule has 1 aliphatic rings. The summed E-state index contributed by atoms with van der Waals surface area (Å²) < 4.78 is 12.9. The van der Waals surface area contributed by atoms with Gasteiger partial charge in [-0.2, -0.15) is 0 Å². The fourth-order valence-corrected chi connectivity index (χ4v) is 4.20. The second kappa shape index (κ2) is 8.95. The summed E-state index contributed by atoms with van der Waals surface area (Å²) in [6.45, 7) is -0.474. The molecule has 0 spiro atoms. The highest BCUT2D eigenvalue weighted by molar-refractivity contribution is 5.83. The second-order valence-electron chi connectivity index (χ2n) is 8.21. The normalized spacial score (nSPS) is 23.4. The summed E-state index contributed by atoms with van der Waals surface area (Å²) in [6.07, 6.45) is -1.49. The summed E-state index contributed by atoms with van der Waals surface area (Å²) >= 11 is 0. The maximum Gasteiger partial charge on any atom is 0.323 e. The van der Waals surface area contributed by atoms with Gasteiger partial charge in [-0.3, -0.25) is 9.36 Å². The van der Waals surface area contributed by atoms with Gasteiger partial charge in [0.2, 0.25) is 0 Å². The second-order valence-corrected chi connectivity index (χ2v) is 8.21. The Morgan fingerprint density at radius 1 is 1.18 bits per heavy atom. The number of ether oxygens (including phenoxy) is 2. The Morgan fingerprint density at radius 3 is 2.76 bits per heavy atom. The van der Waals surface area contributed by atoms with Crippen LogP contribution in [0.1, 0.15) is 11.8 Å². The fraction of sp³-hybridized carbons (Fsp3) is 0.304. The van der Waals surface area contributed by atoms with E-state index in [1.165, 1.54) is 17.2 Å². The van der Waals surface area contributed by atoms with Crippen molar-refractivity contribution in [2.45, 2.75) is 37.0 Å². The van der Waals surface area contributed by atoms with Crippen molar-refractivity contribution in [1.29, 1.82) is 0 Å². The average molecular weight is 464 g/mol.